The van der Waals surface area contributed by atoms with Gasteiger partial charge in [0, 0.05) is 32.6 Å². The smallest absolute Gasteiger partial charge is 0.234 e. The molecule has 0 saturated carbocycles. The summed E-state index contributed by atoms with van der Waals surface area (Å²) in [6, 6.07) is 5.77. The first-order valence-corrected chi connectivity index (χ1v) is 9.86. The van der Waals surface area contributed by atoms with Crippen LogP contribution in [0.1, 0.15) is 11.7 Å². The molecule has 0 radical (unpaired) electrons. The molecule has 2 aromatic rings. The number of rotatable bonds is 5. The lowest BCUT2D eigenvalue weighted by Crippen LogP contribution is -2.45. The van der Waals surface area contributed by atoms with Gasteiger partial charge < -0.3 is 19.1 Å². The number of carbonyl (C=O) groups is 2. The number of carbonyl (C=O) groups excluding carboxylic acids is 2. The molecule has 4 heterocycles. The van der Waals surface area contributed by atoms with Crippen LogP contribution in [0, 0.1) is 24.6 Å². The van der Waals surface area contributed by atoms with Gasteiger partial charge in [0.2, 0.25) is 17.7 Å². The van der Waals surface area contributed by atoms with Crippen LogP contribution in [0.2, 0.25) is 0 Å². The number of likely N-dealkylation sites (N-methyl/N-ethyl adjacent to an activating group) is 1. The molecule has 0 unspecified atom stereocenters. The van der Waals surface area contributed by atoms with Crippen LogP contribution in [0.4, 0.5) is 10.1 Å². The van der Waals surface area contributed by atoms with E-state index < -0.39 is 23.5 Å². The number of aryl methyl sites for hydroxylation is 1. The van der Waals surface area contributed by atoms with Crippen molar-refractivity contribution < 1.29 is 23.2 Å². The maximum Gasteiger partial charge on any atom is 0.234 e. The van der Waals surface area contributed by atoms with E-state index in [0.717, 1.165) is 0 Å². The van der Waals surface area contributed by atoms with Crippen LogP contribution in [0.5, 0.6) is 0 Å². The van der Waals surface area contributed by atoms with Crippen LogP contribution in [-0.4, -0.2) is 58.7 Å². The van der Waals surface area contributed by atoms with Crippen molar-refractivity contribution >= 4 is 17.5 Å². The zero-order chi connectivity index (χ0) is 21.0. The van der Waals surface area contributed by atoms with Crippen LogP contribution < -0.4 is 4.90 Å². The number of ether oxygens (including phenoxy) is 1. The average Bonchev–Trinajstić information content (AvgIpc) is 3.47. The Balaban J connectivity index is 1.35. The van der Waals surface area contributed by atoms with E-state index in [4.69, 9.17) is 9.26 Å². The number of halogens is 1. The summed E-state index contributed by atoms with van der Waals surface area (Å²) in [4.78, 5) is 33.9. The number of hydrogen-bond acceptors (Lipinski definition) is 6. The van der Waals surface area contributed by atoms with Gasteiger partial charge in [-0.3, -0.25) is 9.59 Å². The van der Waals surface area contributed by atoms with E-state index in [1.165, 1.54) is 12.1 Å². The number of amides is 2. The first-order chi connectivity index (χ1) is 14.4. The van der Waals surface area contributed by atoms with Crippen LogP contribution in [0.25, 0.3) is 0 Å². The third-order valence-corrected chi connectivity index (χ3v) is 6.14. The van der Waals surface area contributed by atoms with Crippen molar-refractivity contribution in [3.05, 3.63) is 53.9 Å². The first kappa shape index (κ1) is 18.9. The fourth-order valence-corrected chi connectivity index (χ4v) is 4.70. The Morgan fingerprint density at radius 3 is 2.83 bits per heavy atom. The van der Waals surface area contributed by atoms with Crippen LogP contribution >= 0.6 is 0 Å². The molecule has 3 aliphatic rings. The average molecular weight is 412 g/mol. The summed E-state index contributed by atoms with van der Waals surface area (Å²) in [6.07, 6.45) is 3.81. The Kier molecular flexibility index (Phi) is 4.25. The molecular weight excluding hydrogens is 391 g/mol. The highest BCUT2D eigenvalue weighted by molar-refractivity contribution is 6.03. The van der Waals surface area contributed by atoms with Crippen molar-refractivity contribution in [3.63, 3.8) is 0 Å². The first-order valence-electron chi connectivity index (χ1n) is 9.86. The van der Waals surface area contributed by atoms with Crippen molar-refractivity contribution in [2.75, 3.05) is 25.0 Å². The third-order valence-electron chi connectivity index (χ3n) is 6.14. The Bertz CT molecular complexity index is 1040. The summed E-state index contributed by atoms with van der Waals surface area (Å²) in [6.45, 7) is 2.42. The lowest BCUT2D eigenvalue weighted by Gasteiger charge is -2.27. The molecule has 1 aromatic heterocycles. The van der Waals surface area contributed by atoms with Gasteiger partial charge in [0.25, 0.3) is 0 Å². The molecule has 1 spiro atoms. The van der Waals surface area contributed by atoms with Gasteiger partial charge >= 0.3 is 0 Å². The minimum absolute atomic E-state index is 0.147. The lowest BCUT2D eigenvalue weighted by atomic mass is 9.76. The molecule has 8 nitrogen and oxygen atoms in total. The molecule has 9 heteroatoms. The molecule has 4 atom stereocenters. The zero-order valence-electron chi connectivity index (χ0n) is 16.6. The molecule has 3 aliphatic heterocycles. The van der Waals surface area contributed by atoms with E-state index in [-0.39, 0.29) is 17.6 Å². The molecule has 2 fully saturated rings. The second-order valence-electron chi connectivity index (χ2n) is 8.04. The zero-order valence-corrected chi connectivity index (χ0v) is 16.6. The minimum atomic E-state index is -0.817. The van der Waals surface area contributed by atoms with E-state index in [0.29, 0.717) is 36.9 Å². The number of benzene rings is 1. The summed E-state index contributed by atoms with van der Waals surface area (Å²) < 4.78 is 24.4. The Hall–Kier alpha value is -3.07. The van der Waals surface area contributed by atoms with Crippen LogP contribution in [-0.2, 0) is 20.7 Å². The summed E-state index contributed by atoms with van der Waals surface area (Å²) in [5.74, 6) is -0.867. The van der Waals surface area contributed by atoms with Crippen molar-refractivity contribution in [2.45, 2.75) is 25.0 Å². The molecule has 1 aromatic carbocycles. The predicted molar refractivity (Wildman–Crippen MR) is 103 cm³/mol. The molecule has 2 amide bonds. The van der Waals surface area contributed by atoms with Crippen LogP contribution in [0.3, 0.4) is 0 Å². The summed E-state index contributed by atoms with van der Waals surface area (Å²) >= 11 is 0. The molecule has 0 N–H and O–H groups in total. The number of anilines is 1. The van der Waals surface area contributed by atoms with E-state index in [1.807, 2.05) is 12.2 Å². The van der Waals surface area contributed by atoms with Gasteiger partial charge in [-0.25, -0.2) is 4.39 Å². The largest absolute Gasteiger partial charge is 0.360 e. The van der Waals surface area contributed by atoms with E-state index in [1.54, 1.807) is 35.9 Å². The number of hydrogen-bond donors (Lipinski definition) is 0. The molecule has 2 saturated heterocycles. The minimum Gasteiger partial charge on any atom is -0.360 e. The van der Waals surface area contributed by atoms with Gasteiger partial charge in [0.1, 0.15) is 11.4 Å². The van der Waals surface area contributed by atoms with E-state index in [2.05, 4.69) is 10.1 Å². The number of nitrogens with zero attached hydrogens (tertiary/aromatic N) is 4. The van der Waals surface area contributed by atoms with Crippen molar-refractivity contribution in [1.29, 1.82) is 0 Å². The van der Waals surface area contributed by atoms with Gasteiger partial charge in [-0.15, -0.1) is 0 Å². The monoisotopic (exact) mass is 412 g/mol. The van der Waals surface area contributed by atoms with Gasteiger partial charge in [-0.2, -0.15) is 4.98 Å². The lowest BCUT2D eigenvalue weighted by molar-refractivity contribution is -0.139. The van der Waals surface area contributed by atoms with Gasteiger partial charge in [0.15, 0.2) is 5.82 Å². The maximum atomic E-state index is 13.3. The second-order valence-corrected chi connectivity index (χ2v) is 8.04. The number of aromatic nitrogens is 2. The highest BCUT2D eigenvalue weighted by atomic mass is 19.1. The maximum absolute atomic E-state index is 13.3. The van der Waals surface area contributed by atoms with Gasteiger partial charge in [0.05, 0.1) is 24.5 Å². The molecule has 156 valence electrons. The standard InChI is InChI=1S/C21H21FN4O4/c1-12-23-16(24-30-12)8-10-25(2)19(27)17-15-7-9-21(29-15)11-26(20(28)18(17)21)14-5-3-13(22)4-6-14/h3-7,9,15,17-18H,8,10-11H2,1-2H3/t15-,17-,18-,21-/m0/s1. The molecule has 5 rings (SSSR count). The second kappa shape index (κ2) is 6.73. The Morgan fingerprint density at radius 2 is 2.13 bits per heavy atom. The molecule has 0 aliphatic carbocycles. The predicted octanol–water partition coefficient (Wildman–Crippen LogP) is 1.50. The highest BCUT2D eigenvalue weighted by Gasteiger charge is 2.67. The Labute approximate surface area is 172 Å². The molecule has 30 heavy (non-hydrogen) atoms. The fourth-order valence-electron chi connectivity index (χ4n) is 4.70. The summed E-state index contributed by atoms with van der Waals surface area (Å²) in [5, 5.41) is 3.85. The summed E-state index contributed by atoms with van der Waals surface area (Å²) in [7, 11) is 1.70. The SMILES string of the molecule is Cc1nc(CCN(C)C(=O)[C@H]2[C@@H]3C=C[C@@]4(CN(c5ccc(F)cc5)C(=O)[C@H]24)O3)no1. The normalized spacial score (nSPS) is 29.0. The number of fused-ring (bicyclic) bond motifs is 1. The fraction of sp³-hybridized carbons (Fsp3) is 0.429. The molecular formula is C21H21FN4O4. The van der Waals surface area contributed by atoms with Crippen molar-refractivity contribution in [2.24, 2.45) is 11.8 Å². The van der Waals surface area contributed by atoms with E-state index in [9.17, 15) is 14.0 Å². The topological polar surface area (TPSA) is 88.8 Å². The quantitative estimate of drug-likeness (QED) is 0.692. The van der Waals surface area contributed by atoms with Crippen molar-refractivity contribution in [1.82, 2.24) is 15.0 Å². The van der Waals surface area contributed by atoms with Crippen LogP contribution in [0.15, 0.2) is 40.9 Å². The highest BCUT2D eigenvalue weighted by Crippen LogP contribution is 2.53. The third kappa shape index (κ3) is 2.84. The summed E-state index contributed by atoms with van der Waals surface area (Å²) in [5.41, 5.74) is -0.222. The van der Waals surface area contributed by atoms with E-state index >= 15 is 0 Å². The van der Waals surface area contributed by atoms with Gasteiger partial charge in [-0.05, 0) is 24.3 Å². The Morgan fingerprint density at radius 1 is 1.37 bits per heavy atom. The molecule has 2 bridgehead atoms. The van der Waals surface area contributed by atoms with Gasteiger partial charge in [-0.1, -0.05) is 17.3 Å². The van der Waals surface area contributed by atoms with Crippen molar-refractivity contribution in [3.8, 4) is 0 Å².